The standard InChI is InChI=1S/C11H16N4/c1-4-14(5-2)11-7-13-10-6-12-9(3)8-15(10)11/h6-8H,4-5H2,1-3H3. The molecule has 0 aliphatic heterocycles. The Morgan fingerprint density at radius 3 is 2.60 bits per heavy atom. The Bertz CT molecular complexity index is 457. The van der Waals surface area contributed by atoms with Crippen molar-refractivity contribution in [2.75, 3.05) is 18.0 Å². The Morgan fingerprint density at radius 1 is 1.20 bits per heavy atom. The third-order valence-corrected chi connectivity index (χ3v) is 2.59. The predicted molar refractivity (Wildman–Crippen MR) is 61.3 cm³/mol. The second-order valence-corrected chi connectivity index (χ2v) is 3.55. The van der Waals surface area contributed by atoms with Gasteiger partial charge in [-0.05, 0) is 20.8 Å². The van der Waals surface area contributed by atoms with Gasteiger partial charge in [0.1, 0.15) is 5.82 Å². The lowest BCUT2D eigenvalue weighted by Crippen LogP contribution is -2.23. The highest BCUT2D eigenvalue weighted by Gasteiger charge is 2.08. The van der Waals surface area contributed by atoms with Crippen molar-refractivity contribution >= 4 is 11.5 Å². The van der Waals surface area contributed by atoms with Crippen LogP contribution in [0.2, 0.25) is 0 Å². The van der Waals surface area contributed by atoms with Gasteiger partial charge in [0.25, 0.3) is 0 Å². The van der Waals surface area contributed by atoms with Crippen molar-refractivity contribution in [3.63, 3.8) is 0 Å². The molecule has 0 saturated heterocycles. The molecule has 0 bridgehead atoms. The van der Waals surface area contributed by atoms with Crippen LogP contribution in [0.1, 0.15) is 19.5 Å². The van der Waals surface area contributed by atoms with Crippen LogP contribution in [0.5, 0.6) is 0 Å². The minimum atomic E-state index is 0.905. The fourth-order valence-electron chi connectivity index (χ4n) is 1.75. The van der Waals surface area contributed by atoms with Crippen LogP contribution < -0.4 is 4.90 Å². The van der Waals surface area contributed by atoms with E-state index in [1.54, 1.807) is 0 Å². The van der Waals surface area contributed by atoms with E-state index in [1.807, 2.05) is 25.5 Å². The van der Waals surface area contributed by atoms with Crippen molar-refractivity contribution in [2.24, 2.45) is 0 Å². The molecule has 0 atom stereocenters. The van der Waals surface area contributed by atoms with Gasteiger partial charge in [0.15, 0.2) is 5.65 Å². The lowest BCUT2D eigenvalue weighted by Gasteiger charge is -2.19. The van der Waals surface area contributed by atoms with E-state index in [-0.39, 0.29) is 0 Å². The quantitative estimate of drug-likeness (QED) is 0.765. The molecular formula is C11H16N4. The predicted octanol–water partition coefficient (Wildman–Crippen LogP) is 1.88. The first-order chi connectivity index (χ1) is 7.26. The SMILES string of the molecule is CCN(CC)c1cnc2cnc(C)cn12. The van der Waals surface area contributed by atoms with Crippen molar-refractivity contribution in [3.05, 3.63) is 24.3 Å². The summed E-state index contributed by atoms with van der Waals surface area (Å²) in [5, 5.41) is 0. The van der Waals surface area contributed by atoms with Crippen LogP contribution in [0.3, 0.4) is 0 Å². The summed E-state index contributed by atoms with van der Waals surface area (Å²) in [6.45, 7) is 8.27. The fourth-order valence-corrected chi connectivity index (χ4v) is 1.75. The number of aryl methyl sites for hydroxylation is 1. The molecule has 0 radical (unpaired) electrons. The molecule has 0 aliphatic rings. The summed E-state index contributed by atoms with van der Waals surface area (Å²) in [4.78, 5) is 10.8. The van der Waals surface area contributed by atoms with Gasteiger partial charge in [0.2, 0.25) is 0 Å². The molecule has 0 N–H and O–H groups in total. The van der Waals surface area contributed by atoms with E-state index in [9.17, 15) is 0 Å². The average Bonchev–Trinajstić information content (AvgIpc) is 2.64. The maximum absolute atomic E-state index is 4.34. The lowest BCUT2D eigenvalue weighted by atomic mass is 10.4. The molecule has 0 fully saturated rings. The van der Waals surface area contributed by atoms with Crippen molar-refractivity contribution in [1.82, 2.24) is 14.4 Å². The molecule has 80 valence electrons. The lowest BCUT2D eigenvalue weighted by molar-refractivity contribution is 0.836. The van der Waals surface area contributed by atoms with Crippen molar-refractivity contribution < 1.29 is 0 Å². The van der Waals surface area contributed by atoms with Gasteiger partial charge >= 0.3 is 0 Å². The zero-order valence-electron chi connectivity index (χ0n) is 9.44. The van der Waals surface area contributed by atoms with Gasteiger partial charge in [-0.1, -0.05) is 0 Å². The normalized spacial score (nSPS) is 10.9. The fraction of sp³-hybridized carbons (Fsp3) is 0.455. The summed E-state index contributed by atoms with van der Waals surface area (Å²) in [7, 11) is 0. The van der Waals surface area contributed by atoms with Gasteiger partial charge in [-0.25, -0.2) is 4.98 Å². The van der Waals surface area contributed by atoms with E-state index in [0.29, 0.717) is 0 Å². The van der Waals surface area contributed by atoms with Crippen LogP contribution in [0, 0.1) is 6.92 Å². The first-order valence-corrected chi connectivity index (χ1v) is 5.31. The molecule has 0 spiro atoms. The van der Waals surface area contributed by atoms with Gasteiger partial charge in [0, 0.05) is 19.3 Å². The minimum Gasteiger partial charge on any atom is -0.357 e. The van der Waals surface area contributed by atoms with E-state index < -0.39 is 0 Å². The van der Waals surface area contributed by atoms with Crippen molar-refractivity contribution in [1.29, 1.82) is 0 Å². The average molecular weight is 204 g/mol. The van der Waals surface area contributed by atoms with Crippen LogP contribution in [0.25, 0.3) is 5.65 Å². The smallest absolute Gasteiger partial charge is 0.156 e. The monoisotopic (exact) mass is 204 g/mol. The third kappa shape index (κ3) is 1.67. The largest absolute Gasteiger partial charge is 0.357 e. The maximum Gasteiger partial charge on any atom is 0.156 e. The summed E-state index contributed by atoms with van der Waals surface area (Å²) < 4.78 is 2.09. The third-order valence-electron chi connectivity index (χ3n) is 2.59. The highest BCUT2D eigenvalue weighted by Crippen LogP contribution is 2.16. The Balaban J connectivity index is 2.55. The van der Waals surface area contributed by atoms with Crippen molar-refractivity contribution in [3.8, 4) is 0 Å². The van der Waals surface area contributed by atoms with Gasteiger partial charge in [-0.2, -0.15) is 0 Å². The molecule has 0 saturated carbocycles. The second-order valence-electron chi connectivity index (χ2n) is 3.55. The summed E-state index contributed by atoms with van der Waals surface area (Å²) in [6, 6.07) is 0. The zero-order chi connectivity index (χ0) is 10.8. The highest BCUT2D eigenvalue weighted by atomic mass is 15.2. The van der Waals surface area contributed by atoms with Crippen LogP contribution in [-0.2, 0) is 0 Å². The van der Waals surface area contributed by atoms with E-state index in [1.165, 1.54) is 0 Å². The number of rotatable bonds is 3. The molecule has 2 aromatic heterocycles. The summed E-state index contributed by atoms with van der Waals surface area (Å²) in [6.07, 6.45) is 5.74. The number of hydrogen-bond donors (Lipinski definition) is 0. The Kier molecular flexibility index (Phi) is 2.58. The van der Waals surface area contributed by atoms with E-state index in [2.05, 4.69) is 33.1 Å². The summed E-state index contributed by atoms with van der Waals surface area (Å²) in [5.74, 6) is 1.14. The van der Waals surface area contributed by atoms with E-state index >= 15 is 0 Å². The number of imidazole rings is 1. The molecule has 0 aliphatic carbocycles. The van der Waals surface area contributed by atoms with Crippen LogP contribution in [0.4, 0.5) is 5.82 Å². The van der Waals surface area contributed by atoms with E-state index in [0.717, 1.165) is 30.2 Å². The number of hydrogen-bond acceptors (Lipinski definition) is 3. The molecule has 2 heterocycles. The maximum atomic E-state index is 4.34. The number of aromatic nitrogens is 3. The summed E-state index contributed by atoms with van der Waals surface area (Å²) >= 11 is 0. The molecule has 2 rings (SSSR count). The van der Waals surface area contributed by atoms with Gasteiger partial charge in [-0.3, -0.25) is 9.38 Å². The molecule has 0 aromatic carbocycles. The minimum absolute atomic E-state index is 0.905. The summed E-state index contributed by atoms with van der Waals surface area (Å²) in [5.41, 5.74) is 1.91. The van der Waals surface area contributed by atoms with Gasteiger partial charge in [0.05, 0.1) is 18.1 Å². The molecule has 4 nitrogen and oxygen atoms in total. The first-order valence-electron chi connectivity index (χ1n) is 5.31. The molecule has 15 heavy (non-hydrogen) atoms. The van der Waals surface area contributed by atoms with Gasteiger partial charge < -0.3 is 4.90 Å². The number of anilines is 1. The van der Waals surface area contributed by atoms with Crippen LogP contribution in [0.15, 0.2) is 18.6 Å². The van der Waals surface area contributed by atoms with Crippen LogP contribution in [-0.4, -0.2) is 27.5 Å². The second kappa shape index (κ2) is 3.88. The molecule has 0 unspecified atom stereocenters. The Labute approximate surface area is 89.6 Å². The molecular weight excluding hydrogens is 188 g/mol. The Morgan fingerprint density at radius 2 is 1.93 bits per heavy atom. The van der Waals surface area contributed by atoms with Gasteiger partial charge in [-0.15, -0.1) is 0 Å². The topological polar surface area (TPSA) is 33.4 Å². The van der Waals surface area contributed by atoms with E-state index in [4.69, 9.17) is 0 Å². The van der Waals surface area contributed by atoms with Crippen LogP contribution >= 0.6 is 0 Å². The molecule has 0 amide bonds. The molecule has 4 heteroatoms. The molecule has 2 aromatic rings. The number of fused-ring (bicyclic) bond motifs is 1. The number of nitrogens with zero attached hydrogens (tertiary/aromatic N) is 4. The first kappa shape index (κ1) is 9.96. The van der Waals surface area contributed by atoms with Crippen molar-refractivity contribution in [2.45, 2.75) is 20.8 Å². The Hall–Kier alpha value is -1.58. The zero-order valence-corrected chi connectivity index (χ0v) is 9.44. The highest BCUT2D eigenvalue weighted by molar-refractivity contribution is 5.50.